The van der Waals surface area contributed by atoms with Gasteiger partial charge in [-0.05, 0) is 19.3 Å². The highest BCUT2D eigenvalue weighted by Gasteiger charge is 2.04. The highest BCUT2D eigenvalue weighted by Crippen LogP contribution is 2.13. The summed E-state index contributed by atoms with van der Waals surface area (Å²) in [6.45, 7) is 10.5. The lowest BCUT2D eigenvalue weighted by molar-refractivity contribution is 0.592. The maximum Gasteiger partial charge on any atom is 0.224 e. The predicted octanol–water partition coefficient (Wildman–Crippen LogP) is 3.06. The lowest BCUT2D eigenvalue weighted by Crippen LogP contribution is -2.14. The van der Waals surface area contributed by atoms with Gasteiger partial charge in [0.05, 0.1) is 0 Å². The third-order valence-corrected chi connectivity index (χ3v) is 2.82. The highest BCUT2D eigenvalue weighted by molar-refractivity contribution is 5.46. The normalized spacial score (nSPS) is 12.2. The number of nitrogens with zero attached hydrogens (tertiary/aromatic N) is 2. The van der Waals surface area contributed by atoms with Gasteiger partial charge in [-0.1, -0.05) is 27.2 Å². The summed E-state index contributed by atoms with van der Waals surface area (Å²) in [6.07, 6.45) is 4.12. The van der Waals surface area contributed by atoms with Crippen LogP contribution < -0.4 is 10.6 Å². The minimum absolute atomic E-state index is 0.663. The molecular weight excluding hydrogens is 212 g/mol. The van der Waals surface area contributed by atoms with Gasteiger partial charge >= 0.3 is 0 Å². The number of aromatic nitrogens is 2. The van der Waals surface area contributed by atoms with Gasteiger partial charge in [-0.25, -0.2) is 4.98 Å². The molecule has 1 rings (SSSR count). The lowest BCUT2D eigenvalue weighted by Gasteiger charge is -2.13. The number of aryl methyl sites for hydroxylation is 1. The standard InChI is InChI=1S/C13H24N4/c1-5-7-14-13-16-9-11(4)12(17-13)15-8-10(3)6-2/h9-10H,5-8H2,1-4H3,(H2,14,15,16,17). The summed E-state index contributed by atoms with van der Waals surface area (Å²) in [7, 11) is 0. The second-order valence-electron chi connectivity index (χ2n) is 4.55. The van der Waals surface area contributed by atoms with Crippen molar-refractivity contribution in [3.8, 4) is 0 Å². The molecule has 0 amide bonds. The first kappa shape index (κ1) is 13.7. The Morgan fingerprint density at radius 3 is 2.71 bits per heavy atom. The number of rotatable bonds is 7. The fraction of sp³-hybridized carbons (Fsp3) is 0.692. The van der Waals surface area contributed by atoms with Crippen LogP contribution in [-0.4, -0.2) is 23.1 Å². The Morgan fingerprint density at radius 2 is 2.06 bits per heavy atom. The molecular formula is C13H24N4. The van der Waals surface area contributed by atoms with Gasteiger partial charge in [0.1, 0.15) is 5.82 Å². The molecule has 0 saturated heterocycles. The average Bonchev–Trinajstić information content (AvgIpc) is 2.35. The molecule has 1 aromatic rings. The number of anilines is 2. The first-order chi connectivity index (χ1) is 8.17. The van der Waals surface area contributed by atoms with Crippen molar-refractivity contribution in [1.82, 2.24) is 9.97 Å². The van der Waals surface area contributed by atoms with Gasteiger partial charge in [-0.3, -0.25) is 0 Å². The van der Waals surface area contributed by atoms with Crippen LogP contribution in [0.3, 0.4) is 0 Å². The van der Waals surface area contributed by atoms with E-state index in [-0.39, 0.29) is 0 Å². The van der Waals surface area contributed by atoms with E-state index < -0.39 is 0 Å². The van der Waals surface area contributed by atoms with E-state index in [1.807, 2.05) is 13.1 Å². The Hall–Kier alpha value is -1.32. The van der Waals surface area contributed by atoms with Crippen molar-refractivity contribution in [1.29, 1.82) is 0 Å². The molecule has 0 spiro atoms. The topological polar surface area (TPSA) is 49.8 Å². The smallest absolute Gasteiger partial charge is 0.224 e. The quantitative estimate of drug-likeness (QED) is 0.764. The van der Waals surface area contributed by atoms with Crippen molar-refractivity contribution in [2.75, 3.05) is 23.7 Å². The Bertz CT molecular complexity index is 338. The van der Waals surface area contributed by atoms with Crippen molar-refractivity contribution >= 4 is 11.8 Å². The van der Waals surface area contributed by atoms with E-state index in [2.05, 4.69) is 41.4 Å². The monoisotopic (exact) mass is 236 g/mol. The SMILES string of the molecule is CCCNc1ncc(C)c(NCC(C)CC)n1. The fourth-order valence-corrected chi connectivity index (χ4v) is 1.36. The zero-order valence-electron chi connectivity index (χ0n) is 11.4. The molecule has 0 radical (unpaired) electrons. The minimum Gasteiger partial charge on any atom is -0.369 e. The first-order valence-electron chi connectivity index (χ1n) is 6.48. The molecule has 96 valence electrons. The Morgan fingerprint density at radius 1 is 1.29 bits per heavy atom. The molecule has 1 unspecified atom stereocenters. The van der Waals surface area contributed by atoms with Gasteiger partial charge in [-0.15, -0.1) is 0 Å². The molecule has 1 aromatic heterocycles. The summed E-state index contributed by atoms with van der Waals surface area (Å²) in [5.74, 6) is 2.32. The molecule has 1 heterocycles. The molecule has 1 atom stereocenters. The van der Waals surface area contributed by atoms with Crippen LogP contribution in [0.15, 0.2) is 6.20 Å². The lowest BCUT2D eigenvalue weighted by atomic mass is 10.1. The average molecular weight is 236 g/mol. The molecule has 0 fully saturated rings. The van der Waals surface area contributed by atoms with E-state index in [9.17, 15) is 0 Å². The summed E-state index contributed by atoms with van der Waals surface area (Å²) in [6, 6.07) is 0. The highest BCUT2D eigenvalue weighted by atomic mass is 15.1. The summed E-state index contributed by atoms with van der Waals surface area (Å²) >= 11 is 0. The number of hydrogen-bond acceptors (Lipinski definition) is 4. The molecule has 4 heteroatoms. The van der Waals surface area contributed by atoms with Gasteiger partial charge < -0.3 is 10.6 Å². The number of nitrogens with one attached hydrogen (secondary N) is 2. The van der Waals surface area contributed by atoms with Crippen LogP contribution in [0.25, 0.3) is 0 Å². The summed E-state index contributed by atoms with van der Waals surface area (Å²) in [5, 5.41) is 6.59. The second kappa shape index (κ2) is 7.09. The maximum absolute atomic E-state index is 4.48. The molecule has 0 aliphatic heterocycles. The second-order valence-corrected chi connectivity index (χ2v) is 4.55. The van der Waals surface area contributed by atoms with Gasteiger partial charge in [-0.2, -0.15) is 4.98 Å². The van der Waals surface area contributed by atoms with Crippen LogP contribution in [0.2, 0.25) is 0 Å². The van der Waals surface area contributed by atoms with Gasteiger partial charge in [0, 0.05) is 24.8 Å². The fourth-order valence-electron chi connectivity index (χ4n) is 1.36. The largest absolute Gasteiger partial charge is 0.369 e. The van der Waals surface area contributed by atoms with Gasteiger partial charge in [0.25, 0.3) is 0 Å². The van der Waals surface area contributed by atoms with Crippen molar-refractivity contribution in [2.45, 2.75) is 40.5 Å². The van der Waals surface area contributed by atoms with E-state index in [4.69, 9.17) is 0 Å². The Labute approximate surface area is 104 Å². The van der Waals surface area contributed by atoms with E-state index in [1.54, 1.807) is 0 Å². The third-order valence-electron chi connectivity index (χ3n) is 2.82. The van der Waals surface area contributed by atoms with Crippen LogP contribution in [0.5, 0.6) is 0 Å². The summed E-state index contributed by atoms with van der Waals surface area (Å²) < 4.78 is 0. The Balaban J connectivity index is 2.62. The molecule has 0 bridgehead atoms. The van der Waals surface area contributed by atoms with Crippen LogP contribution in [0.4, 0.5) is 11.8 Å². The molecule has 17 heavy (non-hydrogen) atoms. The van der Waals surface area contributed by atoms with E-state index in [0.29, 0.717) is 11.9 Å². The van der Waals surface area contributed by atoms with E-state index >= 15 is 0 Å². The van der Waals surface area contributed by atoms with Crippen LogP contribution in [0, 0.1) is 12.8 Å². The van der Waals surface area contributed by atoms with Crippen LogP contribution >= 0.6 is 0 Å². The maximum atomic E-state index is 4.48. The molecule has 0 aliphatic rings. The molecule has 2 N–H and O–H groups in total. The van der Waals surface area contributed by atoms with Gasteiger partial charge in [0.2, 0.25) is 5.95 Å². The molecule has 0 aliphatic carbocycles. The van der Waals surface area contributed by atoms with Crippen molar-refractivity contribution < 1.29 is 0 Å². The Kier molecular flexibility index (Phi) is 5.73. The molecule has 4 nitrogen and oxygen atoms in total. The van der Waals surface area contributed by atoms with Crippen molar-refractivity contribution in [2.24, 2.45) is 5.92 Å². The third kappa shape index (κ3) is 4.59. The summed E-state index contributed by atoms with van der Waals surface area (Å²) in [5.41, 5.74) is 1.09. The number of hydrogen-bond donors (Lipinski definition) is 2. The predicted molar refractivity (Wildman–Crippen MR) is 73.5 cm³/mol. The summed E-state index contributed by atoms with van der Waals surface area (Å²) in [4.78, 5) is 8.74. The van der Waals surface area contributed by atoms with Crippen LogP contribution in [-0.2, 0) is 0 Å². The van der Waals surface area contributed by atoms with E-state index in [1.165, 1.54) is 6.42 Å². The molecule has 0 saturated carbocycles. The first-order valence-corrected chi connectivity index (χ1v) is 6.48. The van der Waals surface area contributed by atoms with E-state index in [0.717, 1.165) is 30.9 Å². The zero-order chi connectivity index (χ0) is 12.7. The molecule has 0 aromatic carbocycles. The minimum atomic E-state index is 0.663. The van der Waals surface area contributed by atoms with Crippen molar-refractivity contribution in [3.63, 3.8) is 0 Å². The van der Waals surface area contributed by atoms with Crippen molar-refractivity contribution in [3.05, 3.63) is 11.8 Å². The van der Waals surface area contributed by atoms with Crippen LogP contribution in [0.1, 0.15) is 39.2 Å². The van der Waals surface area contributed by atoms with Gasteiger partial charge in [0.15, 0.2) is 0 Å². The zero-order valence-corrected chi connectivity index (χ0v) is 11.4.